The summed E-state index contributed by atoms with van der Waals surface area (Å²) in [5.74, 6) is -2.63. The zero-order valence-electron chi connectivity index (χ0n) is 21.0. The standard InChI is InChI=1S/C27H38N4O5/c1-28-13-5-9-21(25(32)33)15-19-7-3-11-23(17-19)30-27(36)31-24-12-4-8-20(18-24)16-22(26(34)35)10-6-14-29-2/h3-4,7-8,11-12,17-18,21-22,28-29H,5-6,9-10,13-16H2,1-2H3,(H,32,33)(H,34,35)(H2,30,31,36). The van der Waals surface area contributed by atoms with E-state index in [0.29, 0.717) is 37.1 Å². The van der Waals surface area contributed by atoms with E-state index in [-0.39, 0.29) is 0 Å². The zero-order valence-corrected chi connectivity index (χ0v) is 21.0. The number of hydrogen-bond acceptors (Lipinski definition) is 5. The molecule has 0 saturated carbocycles. The first-order valence-corrected chi connectivity index (χ1v) is 12.3. The lowest BCUT2D eigenvalue weighted by molar-refractivity contribution is -0.142. The summed E-state index contributed by atoms with van der Waals surface area (Å²) in [4.78, 5) is 35.8. The van der Waals surface area contributed by atoms with E-state index in [0.717, 1.165) is 37.1 Å². The van der Waals surface area contributed by atoms with E-state index in [9.17, 15) is 24.6 Å². The summed E-state index contributed by atoms with van der Waals surface area (Å²) >= 11 is 0. The Morgan fingerprint density at radius 3 is 1.50 bits per heavy atom. The molecule has 0 aromatic heterocycles. The Morgan fingerprint density at radius 1 is 0.722 bits per heavy atom. The first kappa shape index (κ1) is 28.8. The molecule has 0 radical (unpaired) electrons. The van der Waals surface area contributed by atoms with Gasteiger partial charge < -0.3 is 31.5 Å². The van der Waals surface area contributed by atoms with Gasteiger partial charge in [-0.1, -0.05) is 24.3 Å². The second-order valence-corrected chi connectivity index (χ2v) is 8.95. The van der Waals surface area contributed by atoms with Crippen molar-refractivity contribution < 1.29 is 24.6 Å². The molecule has 2 unspecified atom stereocenters. The first-order chi connectivity index (χ1) is 17.3. The highest BCUT2D eigenvalue weighted by Crippen LogP contribution is 2.20. The van der Waals surface area contributed by atoms with Crippen LogP contribution in [-0.4, -0.2) is 55.4 Å². The summed E-state index contributed by atoms with van der Waals surface area (Å²) in [5.41, 5.74) is 2.81. The number of carbonyl (C=O) groups excluding carboxylic acids is 1. The third-order valence-electron chi connectivity index (χ3n) is 5.99. The van der Waals surface area contributed by atoms with Crippen molar-refractivity contribution >= 4 is 29.3 Å². The van der Waals surface area contributed by atoms with E-state index < -0.39 is 29.8 Å². The van der Waals surface area contributed by atoms with Crippen LogP contribution >= 0.6 is 0 Å². The predicted octanol–water partition coefficient (Wildman–Crippen LogP) is 3.82. The fourth-order valence-electron chi connectivity index (χ4n) is 4.09. The van der Waals surface area contributed by atoms with Gasteiger partial charge in [-0.05, 0) is 101 Å². The van der Waals surface area contributed by atoms with Crippen LogP contribution in [0.25, 0.3) is 0 Å². The highest BCUT2D eigenvalue weighted by molar-refractivity contribution is 5.99. The summed E-state index contributed by atoms with van der Waals surface area (Å²) in [7, 11) is 3.68. The first-order valence-electron chi connectivity index (χ1n) is 12.3. The van der Waals surface area contributed by atoms with Crippen molar-refractivity contribution in [1.29, 1.82) is 0 Å². The van der Waals surface area contributed by atoms with E-state index in [4.69, 9.17) is 0 Å². The summed E-state index contributed by atoms with van der Waals surface area (Å²) in [6, 6.07) is 13.9. The van der Waals surface area contributed by atoms with Gasteiger partial charge in [0.1, 0.15) is 0 Å². The largest absolute Gasteiger partial charge is 0.481 e. The number of urea groups is 1. The van der Waals surface area contributed by atoms with Gasteiger partial charge in [-0.15, -0.1) is 0 Å². The van der Waals surface area contributed by atoms with Gasteiger partial charge in [0.2, 0.25) is 0 Å². The molecular formula is C27H38N4O5. The van der Waals surface area contributed by atoms with Crippen LogP contribution in [0.4, 0.5) is 16.2 Å². The monoisotopic (exact) mass is 498 g/mol. The van der Waals surface area contributed by atoms with Crippen LogP contribution in [-0.2, 0) is 22.4 Å². The van der Waals surface area contributed by atoms with Gasteiger partial charge >= 0.3 is 18.0 Å². The molecule has 0 aliphatic carbocycles. The van der Waals surface area contributed by atoms with Gasteiger partial charge in [-0.3, -0.25) is 9.59 Å². The molecule has 6 N–H and O–H groups in total. The summed E-state index contributed by atoms with van der Waals surface area (Å²) < 4.78 is 0. The van der Waals surface area contributed by atoms with Gasteiger partial charge in [-0.2, -0.15) is 0 Å². The van der Waals surface area contributed by atoms with Crippen molar-refractivity contribution in [2.24, 2.45) is 11.8 Å². The van der Waals surface area contributed by atoms with Crippen LogP contribution in [0.5, 0.6) is 0 Å². The summed E-state index contributed by atoms with van der Waals surface area (Å²) in [6.07, 6.45) is 3.46. The fraction of sp³-hybridized carbons (Fsp3) is 0.444. The highest BCUT2D eigenvalue weighted by atomic mass is 16.4. The Balaban J connectivity index is 1.97. The Labute approximate surface area is 212 Å². The molecule has 0 heterocycles. The number of hydrogen-bond donors (Lipinski definition) is 6. The number of carboxylic acid groups (broad SMARTS) is 2. The number of amides is 2. The van der Waals surface area contributed by atoms with Gasteiger partial charge in [0.05, 0.1) is 11.8 Å². The minimum atomic E-state index is -0.825. The molecule has 2 atom stereocenters. The topological polar surface area (TPSA) is 140 Å². The number of anilines is 2. The number of nitrogens with one attached hydrogen (secondary N) is 4. The van der Waals surface area contributed by atoms with Crippen LogP contribution in [0.1, 0.15) is 36.8 Å². The molecule has 196 valence electrons. The minimum Gasteiger partial charge on any atom is -0.481 e. The third kappa shape index (κ3) is 10.5. The lowest BCUT2D eigenvalue weighted by atomic mass is 9.94. The normalized spacial score (nSPS) is 12.5. The molecule has 2 amide bonds. The Morgan fingerprint density at radius 2 is 1.14 bits per heavy atom. The Hall–Kier alpha value is -3.43. The van der Waals surface area contributed by atoms with Gasteiger partial charge in [-0.25, -0.2) is 4.79 Å². The number of carbonyl (C=O) groups is 3. The molecule has 0 fully saturated rings. The lowest BCUT2D eigenvalue weighted by Gasteiger charge is -2.14. The second kappa shape index (κ2) is 15.5. The van der Waals surface area contributed by atoms with Crippen molar-refractivity contribution in [1.82, 2.24) is 10.6 Å². The number of carboxylic acids is 2. The predicted molar refractivity (Wildman–Crippen MR) is 142 cm³/mol. The third-order valence-corrected chi connectivity index (χ3v) is 5.99. The second-order valence-electron chi connectivity index (χ2n) is 8.95. The molecular weight excluding hydrogens is 460 g/mol. The van der Waals surface area contributed by atoms with Crippen molar-refractivity contribution in [2.75, 3.05) is 37.8 Å². The zero-order chi connectivity index (χ0) is 26.3. The van der Waals surface area contributed by atoms with E-state index in [1.165, 1.54) is 0 Å². The van der Waals surface area contributed by atoms with E-state index in [1.54, 1.807) is 36.4 Å². The van der Waals surface area contributed by atoms with E-state index in [2.05, 4.69) is 21.3 Å². The van der Waals surface area contributed by atoms with Gasteiger partial charge in [0.25, 0.3) is 0 Å². The minimum absolute atomic E-state index is 0.386. The maximum Gasteiger partial charge on any atom is 0.323 e. The maximum atomic E-state index is 12.6. The van der Waals surface area contributed by atoms with Crippen molar-refractivity contribution in [3.05, 3.63) is 59.7 Å². The van der Waals surface area contributed by atoms with Crippen LogP contribution in [0, 0.1) is 11.8 Å². The number of rotatable bonds is 16. The molecule has 2 aromatic rings. The molecule has 36 heavy (non-hydrogen) atoms. The molecule has 2 rings (SSSR count). The molecule has 0 saturated heterocycles. The lowest BCUT2D eigenvalue weighted by Crippen LogP contribution is -2.21. The molecule has 0 aliphatic heterocycles. The molecule has 9 nitrogen and oxygen atoms in total. The SMILES string of the molecule is CNCCCC(Cc1cccc(NC(=O)Nc2cccc(CC(CCCNC)C(=O)O)c2)c1)C(=O)O. The van der Waals surface area contributed by atoms with Crippen molar-refractivity contribution in [3.63, 3.8) is 0 Å². The van der Waals surface area contributed by atoms with E-state index in [1.807, 2.05) is 26.2 Å². The summed E-state index contributed by atoms with van der Waals surface area (Å²) in [5, 5.41) is 30.7. The average molecular weight is 499 g/mol. The number of benzene rings is 2. The maximum absolute atomic E-state index is 12.6. The molecule has 9 heteroatoms. The summed E-state index contributed by atoms with van der Waals surface area (Å²) in [6.45, 7) is 1.53. The average Bonchev–Trinajstić information content (AvgIpc) is 2.83. The van der Waals surface area contributed by atoms with Crippen LogP contribution in [0.2, 0.25) is 0 Å². The molecule has 0 bridgehead atoms. The van der Waals surface area contributed by atoms with Gasteiger partial charge in [0.15, 0.2) is 0 Å². The fourth-order valence-corrected chi connectivity index (χ4v) is 4.09. The molecule has 0 spiro atoms. The Bertz CT molecular complexity index is 920. The molecule has 0 aliphatic rings. The van der Waals surface area contributed by atoms with Crippen LogP contribution in [0.3, 0.4) is 0 Å². The quantitative estimate of drug-likeness (QED) is 0.193. The highest BCUT2D eigenvalue weighted by Gasteiger charge is 2.19. The number of aliphatic carboxylic acids is 2. The van der Waals surface area contributed by atoms with Crippen LogP contribution in [0.15, 0.2) is 48.5 Å². The van der Waals surface area contributed by atoms with Crippen LogP contribution < -0.4 is 21.3 Å². The Kier molecular flexibility index (Phi) is 12.4. The van der Waals surface area contributed by atoms with Crippen molar-refractivity contribution in [3.8, 4) is 0 Å². The smallest absolute Gasteiger partial charge is 0.323 e. The van der Waals surface area contributed by atoms with E-state index >= 15 is 0 Å². The van der Waals surface area contributed by atoms with Gasteiger partial charge in [0, 0.05) is 11.4 Å². The van der Waals surface area contributed by atoms with Crippen molar-refractivity contribution in [2.45, 2.75) is 38.5 Å². The molecule has 2 aromatic carbocycles.